The average Bonchev–Trinajstić information content (AvgIpc) is 3.63. The topological polar surface area (TPSA) is 168 Å². The molecule has 1 aliphatic heterocycles. The van der Waals surface area contributed by atoms with Crippen molar-refractivity contribution in [3.8, 4) is 0 Å². The van der Waals surface area contributed by atoms with Crippen LogP contribution in [0, 0.1) is 23.2 Å². The van der Waals surface area contributed by atoms with E-state index in [-0.39, 0.29) is 23.5 Å². The van der Waals surface area contributed by atoms with Crippen LogP contribution in [0.3, 0.4) is 0 Å². The molecule has 3 rings (SSSR count). The summed E-state index contributed by atoms with van der Waals surface area (Å²) in [6.45, 7) is 9.74. The standard InChI is InChI=1S/C31H51N5O6/c1-6-18(2)23(24(37)20-11-8-7-9-12-20)34-30(42)35-26(31(3,4)5)29(41)36-16-10-13-22(36)28(40)33-21(17-19-14-15-19)25(38)27(32)39/h18-23,26H,6-17H2,1-5H3,(H2,32,39)(H,33,40)(H2,34,35,42)/t18?,21?,22-,23?,26?/m0/s1. The molecule has 11 heteroatoms. The summed E-state index contributed by atoms with van der Waals surface area (Å²) >= 11 is 0. The molecule has 0 aromatic heterocycles. The zero-order valence-corrected chi connectivity index (χ0v) is 26.0. The third-order valence-corrected chi connectivity index (χ3v) is 9.18. The number of hydrogen-bond donors (Lipinski definition) is 4. The predicted molar refractivity (Wildman–Crippen MR) is 158 cm³/mol. The second kappa shape index (κ2) is 14.5. The molecule has 42 heavy (non-hydrogen) atoms. The highest BCUT2D eigenvalue weighted by Crippen LogP contribution is 2.34. The minimum Gasteiger partial charge on any atom is -0.363 e. The normalized spacial score (nSPS) is 22.4. The fraction of sp³-hybridized carbons (Fsp3) is 0.806. The minimum absolute atomic E-state index is 0.0559. The van der Waals surface area contributed by atoms with Gasteiger partial charge >= 0.3 is 6.03 Å². The Morgan fingerprint density at radius 2 is 1.52 bits per heavy atom. The number of likely N-dealkylation sites (tertiary alicyclic amines) is 1. The zero-order valence-electron chi connectivity index (χ0n) is 26.0. The first-order chi connectivity index (χ1) is 19.7. The Balaban J connectivity index is 1.71. The van der Waals surface area contributed by atoms with Crippen LogP contribution < -0.4 is 21.7 Å². The molecule has 0 radical (unpaired) electrons. The molecule has 1 heterocycles. The van der Waals surface area contributed by atoms with E-state index in [2.05, 4.69) is 16.0 Å². The van der Waals surface area contributed by atoms with Gasteiger partial charge in [0.15, 0.2) is 5.78 Å². The average molecular weight is 590 g/mol. The van der Waals surface area contributed by atoms with Gasteiger partial charge in [0, 0.05) is 12.5 Å². The van der Waals surface area contributed by atoms with Gasteiger partial charge in [0.2, 0.25) is 17.6 Å². The number of nitrogens with two attached hydrogens (primary N) is 1. The highest BCUT2D eigenvalue weighted by atomic mass is 16.2. The molecule has 1 saturated heterocycles. The molecule has 5 N–H and O–H groups in total. The van der Waals surface area contributed by atoms with Crippen molar-refractivity contribution in [1.29, 1.82) is 0 Å². The van der Waals surface area contributed by atoms with E-state index in [1.165, 1.54) is 4.90 Å². The van der Waals surface area contributed by atoms with Gasteiger partial charge in [0.25, 0.3) is 5.91 Å². The maximum Gasteiger partial charge on any atom is 0.316 e. The molecule has 0 spiro atoms. The number of rotatable bonds is 13. The molecule has 0 aromatic rings. The van der Waals surface area contributed by atoms with E-state index in [4.69, 9.17) is 5.73 Å². The summed E-state index contributed by atoms with van der Waals surface area (Å²) in [6.07, 6.45) is 8.72. The van der Waals surface area contributed by atoms with E-state index in [1.54, 1.807) is 0 Å². The molecule has 5 amide bonds. The number of primary amides is 1. The number of carbonyl (C=O) groups is 6. The monoisotopic (exact) mass is 589 g/mol. The van der Waals surface area contributed by atoms with Crippen LogP contribution >= 0.6 is 0 Å². The van der Waals surface area contributed by atoms with Gasteiger partial charge in [-0.2, -0.15) is 0 Å². The number of hydrogen-bond acceptors (Lipinski definition) is 6. The Bertz CT molecular complexity index is 1030. The van der Waals surface area contributed by atoms with Crippen LogP contribution in [0.5, 0.6) is 0 Å². The second-order valence-corrected chi connectivity index (χ2v) is 13.7. The summed E-state index contributed by atoms with van der Waals surface area (Å²) < 4.78 is 0. The Morgan fingerprint density at radius 1 is 0.881 bits per heavy atom. The largest absolute Gasteiger partial charge is 0.363 e. The van der Waals surface area contributed by atoms with Crippen molar-refractivity contribution >= 4 is 35.3 Å². The number of ketones is 2. The van der Waals surface area contributed by atoms with Gasteiger partial charge < -0.3 is 26.6 Å². The molecule has 3 fully saturated rings. The van der Waals surface area contributed by atoms with Crippen LogP contribution in [0.1, 0.15) is 105 Å². The van der Waals surface area contributed by atoms with Crippen molar-refractivity contribution in [1.82, 2.24) is 20.9 Å². The summed E-state index contributed by atoms with van der Waals surface area (Å²) in [4.78, 5) is 79.4. The highest BCUT2D eigenvalue weighted by molar-refractivity contribution is 6.37. The van der Waals surface area contributed by atoms with E-state index < -0.39 is 59.1 Å². The third-order valence-electron chi connectivity index (χ3n) is 9.18. The second-order valence-electron chi connectivity index (χ2n) is 13.7. The van der Waals surface area contributed by atoms with E-state index in [0.29, 0.717) is 25.8 Å². The van der Waals surface area contributed by atoms with E-state index in [1.807, 2.05) is 34.6 Å². The summed E-state index contributed by atoms with van der Waals surface area (Å²) in [7, 11) is 0. The molecular weight excluding hydrogens is 538 g/mol. The fourth-order valence-electron chi connectivity index (χ4n) is 6.16. The number of amides is 5. The maximum absolute atomic E-state index is 13.9. The van der Waals surface area contributed by atoms with Gasteiger partial charge in [-0.1, -0.05) is 73.1 Å². The molecule has 3 aliphatic rings. The van der Waals surface area contributed by atoms with Crippen LogP contribution in [-0.2, 0) is 24.0 Å². The first kappa shape index (κ1) is 33.5. The van der Waals surface area contributed by atoms with Crippen molar-refractivity contribution in [2.75, 3.05) is 6.54 Å². The van der Waals surface area contributed by atoms with Crippen LogP contribution in [-0.4, -0.2) is 70.9 Å². The molecule has 0 bridgehead atoms. The van der Waals surface area contributed by atoms with Crippen LogP contribution in [0.15, 0.2) is 0 Å². The van der Waals surface area contributed by atoms with Gasteiger partial charge in [-0.25, -0.2) is 4.79 Å². The number of nitrogens with one attached hydrogen (secondary N) is 3. The van der Waals surface area contributed by atoms with Crippen molar-refractivity contribution in [2.24, 2.45) is 28.9 Å². The Labute approximate surface area is 249 Å². The first-order valence-corrected chi connectivity index (χ1v) is 15.8. The van der Waals surface area contributed by atoms with Gasteiger partial charge in [0.05, 0.1) is 12.1 Å². The molecule has 11 nitrogen and oxygen atoms in total. The molecule has 4 unspecified atom stereocenters. The molecule has 0 aromatic carbocycles. The quantitative estimate of drug-likeness (QED) is 0.241. The Morgan fingerprint density at radius 3 is 2.07 bits per heavy atom. The number of urea groups is 1. The maximum atomic E-state index is 13.9. The van der Waals surface area contributed by atoms with Crippen molar-refractivity contribution in [3.05, 3.63) is 0 Å². The molecule has 236 valence electrons. The van der Waals surface area contributed by atoms with Gasteiger partial charge in [0.1, 0.15) is 12.1 Å². The molecule has 2 aliphatic carbocycles. The lowest BCUT2D eigenvalue weighted by atomic mass is 9.80. The molecule has 5 atom stereocenters. The lowest BCUT2D eigenvalue weighted by molar-refractivity contribution is -0.143. The molecular formula is C31H51N5O6. The van der Waals surface area contributed by atoms with E-state index >= 15 is 0 Å². The zero-order chi connectivity index (χ0) is 31.2. The lowest BCUT2D eigenvalue weighted by Crippen LogP contribution is -2.61. The summed E-state index contributed by atoms with van der Waals surface area (Å²) in [6, 6.07) is -4.06. The fourth-order valence-corrected chi connectivity index (χ4v) is 6.16. The number of carbonyl (C=O) groups excluding carboxylic acids is 6. The summed E-state index contributed by atoms with van der Waals surface area (Å²) in [5.41, 5.74) is 4.52. The lowest BCUT2D eigenvalue weighted by Gasteiger charge is -2.36. The van der Waals surface area contributed by atoms with Gasteiger partial charge in [-0.3, -0.25) is 24.0 Å². The summed E-state index contributed by atoms with van der Waals surface area (Å²) in [5.74, 6) is -2.66. The molecule has 2 saturated carbocycles. The number of nitrogens with zero attached hydrogens (tertiary/aromatic N) is 1. The van der Waals surface area contributed by atoms with Crippen molar-refractivity contribution in [3.63, 3.8) is 0 Å². The number of Topliss-reactive ketones (excluding diaryl/α,β-unsaturated/α-hetero) is 2. The Kier molecular flexibility index (Phi) is 11.5. The van der Waals surface area contributed by atoms with E-state index in [9.17, 15) is 28.8 Å². The van der Waals surface area contributed by atoms with Crippen LogP contribution in [0.4, 0.5) is 4.79 Å². The van der Waals surface area contributed by atoms with Crippen LogP contribution in [0.2, 0.25) is 0 Å². The van der Waals surface area contributed by atoms with Gasteiger partial charge in [-0.05, 0) is 49.4 Å². The Hall–Kier alpha value is -2.98. The highest BCUT2D eigenvalue weighted by Gasteiger charge is 2.44. The smallest absolute Gasteiger partial charge is 0.316 e. The van der Waals surface area contributed by atoms with Crippen molar-refractivity contribution < 1.29 is 28.8 Å². The van der Waals surface area contributed by atoms with Crippen molar-refractivity contribution in [2.45, 2.75) is 129 Å². The van der Waals surface area contributed by atoms with Crippen LogP contribution in [0.25, 0.3) is 0 Å². The third kappa shape index (κ3) is 8.77. The predicted octanol–water partition coefficient (Wildman–Crippen LogP) is 2.59. The summed E-state index contributed by atoms with van der Waals surface area (Å²) in [5, 5.41) is 8.40. The SMILES string of the molecule is CCC(C)C(NC(=O)NC(C(=O)N1CCC[C@H]1C(=O)NC(CC1CC1)C(=O)C(N)=O)C(C)(C)C)C(=O)C1CCCCC1. The first-order valence-electron chi connectivity index (χ1n) is 15.8. The van der Waals surface area contributed by atoms with E-state index in [0.717, 1.165) is 51.4 Å². The van der Waals surface area contributed by atoms with Gasteiger partial charge in [-0.15, -0.1) is 0 Å². The minimum atomic E-state index is -1.10.